The van der Waals surface area contributed by atoms with E-state index in [0.717, 1.165) is 5.56 Å². The highest BCUT2D eigenvalue weighted by Gasteiger charge is 2.15. The molecule has 1 N–H and O–H groups in total. The van der Waals surface area contributed by atoms with E-state index in [1.807, 2.05) is 32.9 Å². The van der Waals surface area contributed by atoms with Gasteiger partial charge in [-0.2, -0.15) is 0 Å². The van der Waals surface area contributed by atoms with E-state index in [9.17, 15) is 9.59 Å². The predicted octanol–water partition coefficient (Wildman–Crippen LogP) is 2.09. The minimum Gasteiger partial charge on any atom is -0.497 e. The lowest BCUT2D eigenvalue weighted by Gasteiger charge is -2.20. The van der Waals surface area contributed by atoms with E-state index in [4.69, 9.17) is 14.2 Å². The molecule has 1 amide bonds. The second kappa shape index (κ2) is 8.41. The fourth-order valence-corrected chi connectivity index (χ4v) is 1.93. The molecule has 0 unspecified atom stereocenters. The number of carbonyl (C=O) groups is 2. The van der Waals surface area contributed by atoms with Gasteiger partial charge in [0.2, 0.25) is 0 Å². The number of nitrogens with one attached hydrogen (secondary N) is 1. The van der Waals surface area contributed by atoms with E-state index in [1.165, 1.54) is 0 Å². The zero-order valence-electron chi connectivity index (χ0n) is 14.4. The molecule has 0 heterocycles. The molecule has 0 atom stereocenters. The van der Waals surface area contributed by atoms with Crippen molar-refractivity contribution in [3.8, 4) is 11.5 Å². The Morgan fingerprint density at radius 2 is 1.61 bits per heavy atom. The summed E-state index contributed by atoms with van der Waals surface area (Å²) in [6, 6.07) is 5.43. The van der Waals surface area contributed by atoms with Gasteiger partial charge in [-0.1, -0.05) is 0 Å². The highest BCUT2D eigenvalue weighted by atomic mass is 16.5. The summed E-state index contributed by atoms with van der Waals surface area (Å²) >= 11 is 0. The molecule has 0 aliphatic heterocycles. The summed E-state index contributed by atoms with van der Waals surface area (Å²) in [5.74, 6) is 0.597. The minimum atomic E-state index is -0.421. The Hall–Kier alpha value is -2.24. The lowest BCUT2D eigenvalue weighted by Crippen LogP contribution is -2.42. The van der Waals surface area contributed by atoms with E-state index in [0.29, 0.717) is 17.9 Å². The molecular weight excluding hydrogens is 298 g/mol. The molecule has 0 bridgehead atoms. The van der Waals surface area contributed by atoms with Crippen molar-refractivity contribution < 1.29 is 23.8 Å². The Balaban J connectivity index is 2.46. The molecule has 1 aromatic carbocycles. The Morgan fingerprint density at radius 3 is 2.09 bits per heavy atom. The molecule has 0 aliphatic rings. The average molecular weight is 323 g/mol. The van der Waals surface area contributed by atoms with Crippen molar-refractivity contribution in [1.29, 1.82) is 0 Å². The van der Waals surface area contributed by atoms with Gasteiger partial charge in [-0.05, 0) is 44.9 Å². The number of amides is 1. The molecule has 0 aromatic heterocycles. The lowest BCUT2D eigenvalue weighted by atomic mass is 10.1. The standard InChI is InChI=1S/C17H25NO5/c1-17(2,3)18-15(19)11-23-16(20)7-6-12-8-13(21-4)10-14(9-12)22-5/h8-10H,6-7,11H2,1-5H3,(H,18,19). The highest BCUT2D eigenvalue weighted by Crippen LogP contribution is 2.23. The van der Waals surface area contributed by atoms with E-state index < -0.39 is 5.97 Å². The molecule has 128 valence electrons. The van der Waals surface area contributed by atoms with Crippen molar-refractivity contribution in [2.24, 2.45) is 0 Å². The number of rotatable bonds is 7. The second-order valence-electron chi connectivity index (χ2n) is 6.18. The number of ether oxygens (including phenoxy) is 3. The molecule has 23 heavy (non-hydrogen) atoms. The quantitative estimate of drug-likeness (QED) is 0.778. The van der Waals surface area contributed by atoms with Crippen molar-refractivity contribution >= 4 is 11.9 Å². The number of aryl methyl sites for hydroxylation is 1. The first-order valence-corrected chi connectivity index (χ1v) is 7.42. The topological polar surface area (TPSA) is 73.9 Å². The summed E-state index contributed by atoms with van der Waals surface area (Å²) in [4.78, 5) is 23.3. The highest BCUT2D eigenvalue weighted by molar-refractivity contribution is 5.81. The summed E-state index contributed by atoms with van der Waals surface area (Å²) in [7, 11) is 3.14. The maximum Gasteiger partial charge on any atom is 0.306 e. The van der Waals surface area contributed by atoms with E-state index in [2.05, 4.69) is 5.32 Å². The fourth-order valence-electron chi connectivity index (χ4n) is 1.93. The summed E-state index contributed by atoms with van der Waals surface area (Å²) in [6.45, 7) is 5.33. The van der Waals surface area contributed by atoms with Gasteiger partial charge in [0.1, 0.15) is 11.5 Å². The smallest absolute Gasteiger partial charge is 0.306 e. The Kier molecular flexibility index (Phi) is 6.88. The van der Waals surface area contributed by atoms with Crippen LogP contribution in [0, 0.1) is 0 Å². The SMILES string of the molecule is COc1cc(CCC(=O)OCC(=O)NC(C)(C)C)cc(OC)c1. The van der Waals surface area contributed by atoms with Gasteiger partial charge in [0.25, 0.3) is 5.91 Å². The van der Waals surface area contributed by atoms with Crippen molar-refractivity contribution in [1.82, 2.24) is 5.32 Å². The monoisotopic (exact) mass is 323 g/mol. The maximum absolute atomic E-state index is 11.7. The first kappa shape index (κ1) is 18.8. The predicted molar refractivity (Wildman–Crippen MR) is 86.7 cm³/mol. The Labute approximate surface area is 137 Å². The molecule has 0 saturated carbocycles. The summed E-state index contributed by atoms with van der Waals surface area (Å²) in [5.41, 5.74) is 0.554. The molecule has 6 nitrogen and oxygen atoms in total. The van der Waals surface area contributed by atoms with Crippen LogP contribution in [0.2, 0.25) is 0 Å². The first-order chi connectivity index (χ1) is 10.7. The van der Waals surface area contributed by atoms with Gasteiger partial charge in [-0.3, -0.25) is 9.59 Å². The number of carbonyl (C=O) groups excluding carboxylic acids is 2. The molecule has 0 spiro atoms. The molecule has 0 radical (unpaired) electrons. The minimum absolute atomic E-state index is 0.180. The normalized spacial score (nSPS) is 10.8. The molecule has 1 rings (SSSR count). The zero-order valence-corrected chi connectivity index (χ0v) is 14.4. The zero-order chi connectivity index (χ0) is 17.5. The molecule has 0 saturated heterocycles. The van der Waals surface area contributed by atoms with Crippen LogP contribution in [0.4, 0.5) is 0 Å². The van der Waals surface area contributed by atoms with Gasteiger partial charge >= 0.3 is 5.97 Å². The third-order valence-electron chi connectivity index (χ3n) is 2.91. The van der Waals surface area contributed by atoms with Crippen LogP contribution < -0.4 is 14.8 Å². The number of esters is 1. The van der Waals surface area contributed by atoms with Crippen molar-refractivity contribution in [3.63, 3.8) is 0 Å². The molecule has 1 aromatic rings. The van der Waals surface area contributed by atoms with Crippen molar-refractivity contribution in [2.75, 3.05) is 20.8 Å². The summed E-state index contributed by atoms with van der Waals surface area (Å²) in [5, 5.41) is 2.73. The van der Waals surface area contributed by atoms with Crippen LogP contribution in [0.15, 0.2) is 18.2 Å². The van der Waals surface area contributed by atoms with Gasteiger partial charge in [0, 0.05) is 18.0 Å². The van der Waals surface area contributed by atoms with Gasteiger partial charge in [-0.15, -0.1) is 0 Å². The van der Waals surface area contributed by atoms with Crippen LogP contribution in [0.25, 0.3) is 0 Å². The van der Waals surface area contributed by atoms with Crippen LogP contribution in [0.3, 0.4) is 0 Å². The first-order valence-electron chi connectivity index (χ1n) is 7.42. The third-order valence-corrected chi connectivity index (χ3v) is 2.91. The van der Waals surface area contributed by atoms with Crippen molar-refractivity contribution in [2.45, 2.75) is 39.2 Å². The van der Waals surface area contributed by atoms with Gasteiger partial charge in [0.15, 0.2) is 6.61 Å². The number of hydrogen-bond acceptors (Lipinski definition) is 5. The number of hydrogen-bond donors (Lipinski definition) is 1. The molecule has 0 fully saturated rings. The second-order valence-corrected chi connectivity index (χ2v) is 6.18. The van der Waals surface area contributed by atoms with Crippen molar-refractivity contribution in [3.05, 3.63) is 23.8 Å². The largest absolute Gasteiger partial charge is 0.497 e. The lowest BCUT2D eigenvalue weighted by molar-refractivity contribution is -0.148. The van der Waals surface area contributed by atoms with E-state index in [1.54, 1.807) is 20.3 Å². The maximum atomic E-state index is 11.7. The van der Waals surface area contributed by atoms with Crippen LogP contribution in [-0.2, 0) is 20.7 Å². The van der Waals surface area contributed by atoms with Crippen LogP contribution >= 0.6 is 0 Å². The van der Waals surface area contributed by atoms with Crippen LogP contribution in [-0.4, -0.2) is 38.2 Å². The Morgan fingerprint density at radius 1 is 1.04 bits per heavy atom. The van der Waals surface area contributed by atoms with Gasteiger partial charge in [-0.25, -0.2) is 0 Å². The number of methoxy groups -OCH3 is 2. The molecule has 6 heteroatoms. The van der Waals surface area contributed by atoms with Crippen LogP contribution in [0.5, 0.6) is 11.5 Å². The summed E-state index contributed by atoms with van der Waals surface area (Å²) in [6.07, 6.45) is 0.659. The fraction of sp³-hybridized carbons (Fsp3) is 0.529. The van der Waals surface area contributed by atoms with Gasteiger partial charge in [0.05, 0.1) is 14.2 Å². The van der Waals surface area contributed by atoms with E-state index >= 15 is 0 Å². The summed E-state index contributed by atoms with van der Waals surface area (Å²) < 4.78 is 15.3. The van der Waals surface area contributed by atoms with Crippen LogP contribution in [0.1, 0.15) is 32.8 Å². The number of benzene rings is 1. The third kappa shape index (κ3) is 7.54. The molecular formula is C17H25NO5. The average Bonchev–Trinajstić information content (AvgIpc) is 2.48. The van der Waals surface area contributed by atoms with E-state index in [-0.39, 0.29) is 24.5 Å². The molecule has 0 aliphatic carbocycles. The van der Waals surface area contributed by atoms with Gasteiger partial charge < -0.3 is 19.5 Å². The Bertz CT molecular complexity index is 526.